The first-order chi connectivity index (χ1) is 15.5. The number of benzene rings is 3. The third-order valence-electron chi connectivity index (χ3n) is 6.34. The third kappa shape index (κ3) is 3.07. The molecule has 1 N–H and O–H groups in total. The molecular formula is C25H23NO5S. The van der Waals surface area contributed by atoms with Crippen LogP contribution in [0.15, 0.2) is 76.0 Å². The fraction of sp³-hybridized carbons (Fsp3) is 0.240. The molecule has 0 radical (unpaired) electrons. The van der Waals surface area contributed by atoms with Gasteiger partial charge < -0.3 is 14.5 Å². The van der Waals surface area contributed by atoms with Crippen LogP contribution in [0.3, 0.4) is 0 Å². The first-order valence-electron chi connectivity index (χ1n) is 10.6. The van der Waals surface area contributed by atoms with Crippen molar-refractivity contribution in [2.75, 3.05) is 12.4 Å². The van der Waals surface area contributed by atoms with Gasteiger partial charge in [-0.15, -0.1) is 0 Å². The molecule has 164 valence electrons. The van der Waals surface area contributed by atoms with E-state index >= 15 is 0 Å². The predicted octanol–water partition coefficient (Wildman–Crippen LogP) is 5.32. The van der Waals surface area contributed by atoms with Crippen LogP contribution in [0.2, 0.25) is 0 Å². The van der Waals surface area contributed by atoms with Gasteiger partial charge in [0, 0.05) is 16.8 Å². The van der Waals surface area contributed by atoms with Crippen molar-refractivity contribution in [3.05, 3.63) is 66.7 Å². The molecular weight excluding hydrogens is 426 g/mol. The SMILES string of the molecule is COc1cc2c(cc1NC(=O)C1(S(=O)(=O)c3ccccc3)CCCC1)oc1ccccc12. The summed E-state index contributed by atoms with van der Waals surface area (Å²) in [5.41, 5.74) is 1.71. The predicted molar refractivity (Wildman–Crippen MR) is 124 cm³/mol. The fourth-order valence-electron chi connectivity index (χ4n) is 4.64. The second-order valence-corrected chi connectivity index (χ2v) is 10.4. The Kier molecular flexibility index (Phi) is 4.93. The minimum absolute atomic E-state index is 0.164. The summed E-state index contributed by atoms with van der Waals surface area (Å²) in [7, 11) is -2.36. The van der Waals surface area contributed by atoms with Crippen molar-refractivity contribution in [3.8, 4) is 5.75 Å². The second-order valence-electron chi connectivity index (χ2n) is 8.12. The van der Waals surface area contributed by atoms with E-state index < -0.39 is 20.5 Å². The van der Waals surface area contributed by atoms with Crippen molar-refractivity contribution in [1.82, 2.24) is 0 Å². The first kappa shape index (κ1) is 20.6. The van der Waals surface area contributed by atoms with Gasteiger partial charge in [0.15, 0.2) is 14.6 Å². The van der Waals surface area contributed by atoms with Crippen molar-refractivity contribution in [1.29, 1.82) is 0 Å². The molecule has 7 heteroatoms. The number of carbonyl (C=O) groups excluding carboxylic acids is 1. The molecule has 1 fully saturated rings. The van der Waals surface area contributed by atoms with E-state index in [9.17, 15) is 13.2 Å². The summed E-state index contributed by atoms with van der Waals surface area (Å²) in [5, 5.41) is 4.66. The van der Waals surface area contributed by atoms with Crippen LogP contribution in [0.25, 0.3) is 21.9 Å². The van der Waals surface area contributed by atoms with Crippen LogP contribution >= 0.6 is 0 Å². The number of furan rings is 1. The zero-order valence-corrected chi connectivity index (χ0v) is 18.4. The minimum atomic E-state index is -3.88. The molecule has 6 nitrogen and oxygen atoms in total. The van der Waals surface area contributed by atoms with Crippen LogP contribution in [0.4, 0.5) is 5.69 Å². The van der Waals surface area contributed by atoms with Crippen LogP contribution in [0, 0.1) is 0 Å². The molecule has 1 aliphatic carbocycles. The van der Waals surface area contributed by atoms with E-state index in [2.05, 4.69) is 5.32 Å². The number of fused-ring (bicyclic) bond motifs is 3. The van der Waals surface area contributed by atoms with E-state index in [0.717, 1.165) is 16.4 Å². The van der Waals surface area contributed by atoms with E-state index in [4.69, 9.17) is 9.15 Å². The van der Waals surface area contributed by atoms with Gasteiger partial charge in [-0.25, -0.2) is 8.42 Å². The average Bonchev–Trinajstić information content (AvgIpc) is 3.45. The summed E-state index contributed by atoms with van der Waals surface area (Å²) < 4.78 is 37.1. The first-order valence-corrected chi connectivity index (χ1v) is 12.0. The molecule has 3 aromatic carbocycles. The average molecular weight is 450 g/mol. The molecule has 0 atom stereocenters. The molecule has 1 saturated carbocycles. The molecule has 0 saturated heterocycles. The van der Waals surface area contributed by atoms with Crippen molar-refractivity contribution in [3.63, 3.8) is 0 Å². The number of methoxy groups -OCH3 is 1. The van der Waals surface area contributed by atoms with Gasteiger partial charge in [0.2, 0.25) is 5.91 Å². The topological polar surface area (TPSA) is 85.6 Å². The lowest BCUT2D eigenvalue weighted by molar-refractivity contribution is -0.118. The van der Waals surface area contributed by atoms with Gasteiger partial charge in [-0.05, 0) is 37.1 Å². The molecule has 5 rings (SSSR count). The Morgan fingerprint density at radius 3 is 2.34 bits per heavy atom. The molecule has 32 heavy (non-hydrogen) atoms. The number of sulfone groups is 1. The highest BCUT2D eigenvalue weighted by Crippen LogP contribution is 2.43. The van der Waals surface area contributed by atoms with Gasteiger partial charge in [-0.3, -0.25) is 4.79 Å². The number of para-hydroxylation sites is 1. The normalized spacial score (nSPS) is 15.8. The minimum Gasteiger partial charge on any atom is -0.495 e. The number of amides is 1. The Morgan fingerprint density at radius 2 is 1.62 bits per heavy atom. The Labute approximate surface area is 186 Å². The number of rotatable bonds is 5. The number of anilines is 1. The largest absolute Gasteiger partial charge is 0.495 e. The molecule has 1 amide bonds. The third-order valence-corrected chi connectivity index (χ3v) is 8.86. The van der Waals surface area contributed by atoms with Gasteiger partial charge in [0.1, 0.15) is 16.9 Å². The van der Waals surface area contributed by atoms with Crippen LogP contribution in [-0.2, 0) is 14.6 Å². The van der Waals surface area contributed by atoms with E-state index in [0.29, 0.717) is 29.9 Å². The zero-order chi connectivity index (χ0) is 22.3. The second kappa shape index (κ2) is 7.67. The van der Waals surface area contributed by atoms with Crippen LogP contribution < -0.4 is 10.1 Å². The maximum Gasteiger partial charge on any atom is 0.246 e. The van der Waals surface area contributed by atoms with Gasteiger partial charge in [0.25, 0.3) is 0 Å². The summed E-state index contributed by atoms with van der Waals surface area (Å²) >= 11 is 0. The number of hydrogen-bond acceptors (Lipinski definition) is 5. The molecule has 1 heterocycles. The Balaban J connectivity index is 1.58. The van der Waals surface area contributed by atoms with Crippen molar-refractivity contribution >= 4 is 43.4 Å². The zero-order valence-electron chi connectivity index (χ0n) is 17.6. The van der Waals surface area contributed by atoms with Crippen molar-refractivity contribution in [2.45, 2.75) is 35.3 Å². The summed E-state index contributed by atoms with van der Waals surface area (Å²) in [6.45, 7) is 0. The summed E-state index contributed by atoms with van der Waals surface area (Å²) in [6, 6.07) is 19.4. The Hall–Kier alpha value is -3.32. The molecule has 0 unspecified atom stereocenters. The maximum atomic E-state index is 13.6. The quantitative estimate of drug-likeness (QED) is 0.446. The molecule has 0 aliphatic heterocycles. The molecule has 0 bridgehead atoms. The highest BCUT2D eigenvalue weighted by atomic mass is 32.2. The Morgan fingerprint density at radius 1 is 0.938 bits per heavy atom. The van der Waals surface area contributed by atoms with Crippen LogP contribution in [0.5, 0.6) is 5.75 Å². The molecule has 1 aromatic heterocycles. The summed E-state index contributed by atoms with van der Waals surface area (Å²) in [4.78, 5) is 13.7. The summed E-state index contributed by atoms with van der Waals surface area (Å²) in [6.07, 6.45) is 1.93. The lowest BCUT2D eigenvalue weighted by atomic mass is 10.1. The number of carbonyl (C=O) groups is 1. The Bertz CT molecular complexity index is 1420. The van der Waals surface area contributed by atoms with Crippen molar-refractivity contribution < 1.29 is 22.4 Å². The van der Waals surface area contributed by atoms with E-state index in [1.54, 1.807) is 36.4 Å². The fourth-order valence-corrected chi connectivity index (χ4v) is 6.73. The lowest BCUT2D eigenvalue weighted by Crippen LogP contribution is -2.47. The summed E-state index contributed by atoms with van der Waals surface area (Å²) in [5.74, 6) is -0.0877. The molecule has 4 aromatic rings. The highest BCUT2D eigenvalue weighted by molar-refractivity contribution is 7.93. The van der Waals surface area contributed by atoms with E-state index in [-0.39, 0.29) is 17.7 Å². The molecule has 0 spiro atoms. The van der Waals surface area contributed by atoms with Gasteiger partial charge >= 0.3 is 0 Å². The smallest absolute Gasteiger partial charge is 0.246 e. The van der Waals surface area contributed by atoms with Crippen LogP contribution in [0.1, 0.15) is 25.7 Å². The number of nitrogens with one attached hydrogen (secondary N) is 1. The van der Waals surface area contributed by atoms with E-state index in [1.165, 1.54) is 7.11 Å². The standard InChI is InChI=1S/C25H23NO5S/c1-30-23-15-19-18-11-5-6-12-21(18)31-22(19)16-20(23)26-24(27)25(13-7-8-14-25)32(28,29)17-9-3-2-4-10-17/h2-6,9-12,15-16H,7-8,13-14H2,1H3,(H,26,27). The van der Waals surface area contributed by atoms with Crippen LogP contribution in [-0.4, -0.2) is 26.2 Å². The number of ether oxygens (including phenoxy) is 1. The van der Waals surface area contributed by atoms with Gasteiger partial charge in [-0.1, -0.05) is 49.2 Å². The maximum absolute atomic E-state index is 13.6. The number of hydrogen-bond donors (Lipinski definition) is 1. The van der Waals surface area contributed by atoms with Crippen molar-refractivity contribution in [2.24, 2.45) is 0 Å². The lowest BCUT2D eigenvalue weighted by Gasteiger charge is -2.28. The van der Waals surface area contributed by atoms with Gasteiger partial charge in [0.05, 0.1) is 17.7 Å². The highest BCUT2D eigenvalue weighted by Gasteiger charge is 2.53. The van der Waals surface area contributed by atoms with E-state index in [1.807, 2.05) is 30.3 Å². The monoisotopic (exact) mass is 449 g/mol. The van der Waals surface area contributed by atoms with Gasteiger partial charge in [-0.2, -0.15) is 0 Å². The molecule has 1 aliphatic rings.